The summed E-state index contributed by atoms with van der Waals surface area (Å²) < 4.78 is 7.12. The first kappa shape index (κ1) is 15.6. The summed E-state index contributed by atoms with van der Waals surface area (Å²) in [6.45, 7) is 1.98. The molecule has 0 saturated carbocycles. The van der Waals surface area contributed by atoms with Crippen LogP contribution in [0, 0.1) is 6.92 Å². The predicted molar refractivity (Wildman–Crippen MR) is 100 cm³/mol. The Labute approximate surface area is 146 Å². The van der Waals surface area contributed by atoms with Crippen LogP contribution in [0.1, 0.15) is 35.2 Å². The Bertz CT molecular complexity index is 1050. The van der Waals surface area contributed by atoms with E-state index in [-0.39, 0.29) is 5.56 Å². The van der Waals surface area contributed by atoms with E-state index in [1.54, 1.807) is 11.5 Å². The van der Waals surface area contributed by atoms with Gasteiger partial charge in [-0.1, -0.05) is 24.3 Å². The Hall–Kier alpha value is -2.88. The van der Waals surface area contributed by atoms with E-state index in [4.69, 9.17) is 9.72 Å². The number of hydrogen-bond acceptors (Lipinski definition) is 3. The number of aryl methyl sites for hydroxylation is 1. The van der Waals surface area contributed by atoms with E-state index < -0.39 is 0 Å². The summed E-state index contributed by atoms with van der Waals surface area (Å²) in [7, 11) is 1.67. The molecule has 0 unspecified atom stereocenters. The third kappa shape index (κ3) is 2.74. The maximum atomic E-state index is 12.9. The van der Waals surface area contributed by atoms with Gasteiger partial charge < -0.3 is 4.74 Å². The maximum Gasteiger partial charge on any atom is 0.261 e. The molecule has 0 N–H and O–H groups in total. The number of aromatic nitrogens is 2. The Balaban J connectivity index is 1.93. The molecule has 4 rings (SSSR count). The second kappa shape index (κ2) is 6.20. The fraction of sp³-hybridized carbons (Fsp3) is 0.238. The summed E-state index contributed by atoms with van der Waals surface area (Å²) in [5.41, 5.74) is 5.57. The minimum atomic E-state index is 0.0503. The lowest BCUT2D eigenvalue weighted by molar-refractivity contribution is 0.414. The van der Waals surface area contributed by atoms with Gasteiger partial charge in [0.25, 0.3) is 5.56 Å². The molecule has 0 amide bonds. The third-order valence-corrected chi connectivity index (χ3v) is 4.71. The van der Waals surface area contributed by atoms with Crippen molar-refractivity contribution in [2.75, 3.05) is 7.11 Å². The molecule has 2 heterocycles. The van der Waals surface area contributed by atoms with Crippen molar-refractivity contribution >= 4 is 17.3 Å². The van der Waals surface area contributed by atoms with Crippen molar-refractivity contribution < 1.29 is 4.74 Å². The summed E-state index contributed by atoms with van der Waals surface area (Å²) in [5, 5.41) is 0. The molecule has 2 aromatic heterocycles. The molecule has 4 nitrogen and oxygen atoms in total. The van der Waals surface area contributed by atoms with Crippen LogP contribution in [0.2, 0.25) is 0 Å². The van der Waals surface area contributed by atoms with Gasteiger partial charge in [0.1, 0.15) is 11.4 Å². The van der Waals surface area contributed by atoms with Crippen LogP contribution in [0.5, 0.6) is 5.75 Å². The van der Waals surface area contributed by atoms with Gasteiger partial charge in [-0.3, -0.25) is 9.20 Å². The topological polar surface area (TPSA) is 43.6 Å². The first-order valence-corrected chi connectivity index (χ1v) is 8.53. The summed E-state index contributed by atoms with van der Waals surface area (Å²) in [5.74, 6) is 0.829. The van der Waals surface area contributed by atoms with Gasteiger partial charge in [0.2, 0.25) is 0 Å². The van der Waals surface area contributed by atoms with Crippen LogP contribution in [0.3, 0.4) is 0 Å². The highest BCUT2D eigenvalue weighted by atomic mass is 16.5. The highest BCUT2D eigenvalue weighted by Gasteiger charge is 2.21. The van der Waals surface area contributed by atoms with Crippen LogP contribution in [0.25, 0.3) is 17.3 Å². The summed E-state index contributed by atoms with van der Waals surface area (Å²) in [6.07, 6.45) is 6.63. The number of ether oxygens (including phenoxy) is 1. The van der Waals surface area contributed by atoms with E-state index in [1.807, 2.05) is 49.5 Å². The smallest absolute Gasteiger partial charge is 0.261 e. The average molecular weight is 332 g/mol. The Morgan fingerprint density at radius 3 is 2.84 bits per heavy atom. The molecule has 1 aliphatic carbocycles. The molecule has 126 valence electrons. The van der Waals surface area contributed by atoms with E-state index in [0.29, 0.717) is 5.65 Å². The number of para-hydroxylation sites is 1. The lowest BCUT2D eigenvalue weighted by Gasteiger charge is -2.19. The largest absolute Gasteiger partial charge is 0.496 e. The van der Waals surface area contributed by atoms with Crippen LogP contribution in [0.4, 0.5) is 0 Å². The molecule has 25 heavy (non-hydrogen) atoms. The van der Waals surface area contributed by atoms with Crippen LogP contribution >= 0.6 is 0 Å². The molecule has 0 bridgehead atoms. The first-order chi connectivity index (χ1) is 12.2. The molecule has 0 atom stereocenters. The molecule has 3 aromatic rings. The predicted octanol–water partition coefficient (Wildman–Crippen LogP) is 3.89. The highest BCUT2D eigenvalue weighted by Crippen LogP contribution is 2.31. The number of hydrogen-bond donors (Lipinski definition) is 0. The monoisotopic (exact) mass is 332 g/mol. The van der Waals surface area contributed by atoms with Gasteiger partial charge in [-0.05, 0) is 55.5 Å². The minimum absolute atomic E-state index is 0.0503. The number of pyridine rings is 1. The van der Waals surface area contributed by atoms with E-state index in [0.717, 1.165) is 53.0 Å². The van der Waals surface area contributed by atoms with Gasteiger partial charge in [-0.2, -0.15) is 0 Å². The van der Waals surface area contributed by atoms with Crippen molar-refractivity contribution in [3.8, 4) is 5.75 Å². The molecule has 0 aliphatic heterocycles. The van der Waals surface area contributed by atoms with Crippen molar-refractivity contribution in [3.05, 3.63) is 75.3 Å². The first-order valence-electron chi connectivity index (χ1n) is 8.53. The Morgan fingerprint density at radius 2 is 2.00 bits per heavy atom. The summed E-state index contributed by atoms with van der Waals surface area (Å²) in [4.78, 5) is 17.7. The van der Waals surface area contributed by atoms with Crippen LogP contribution in [0.15, 0.2) is 47.4 Å². The molecule has 0 radical (unpaired) electrons. The van der Waals surface area contributed by atoms with Crippen molar-refractivity contribution in [1.82, 2.24) is 9.38 Å². The average Bonchev–Trinajstić information content (AvgIpc) is 2.64. The quantitative estimate of drug-likeness (QED) is 0.715. The number of nitrogens with zero attached hydrogens (tertiary/aromatic N) is 2. The van der Waals surface area contributed by atoms with Crippen molar-refractivity contribution in [3.63, 3.8) is 0 Å². The van der Waals surface area contributed by atoms with Gasteiger partial charge in [0.15, 0.2) is 0 Å². The second-order valence-corrected chi connectivity index (χ2v) is 6.44. The summed E-state index contributed by atoms with van der Waals surface area (Å²) in [6, 6.07) is 11.8. The number of methoxy groups -OCH3 is 1. The van der Waals surface area contributed by atoms with Crippen molar-refractivity contribution in [2.24, 2.45) is 0 Å². The normalized spacial score (nSPS) is 15.4. The van der Waals surface area contributed by atoms with Crippen molar-refractivity contribution in [1.29, 1.82) is 0 Å². The van der Waals surface area contributed by atoms with E-state index in [2.05, 4.69) is 6.08 Å². The molecule has 1 aromatic carbocycles. The summed E-state index contributed by atoms with van der Waals surface area (Å²) >= 11 is 0. The Morgan fingerprint density at radius 1 is 1.16 bits per heavy atom. The zero-order chi connectivity index (χ0) is 17.4. The maximum absolute atomic E-state index is 12.9. The zero-order valence-corrected chi connectivity index (χ0v) is 14.5. The molecular weight excluding hydrogens is 312 g/mol. The fourth-order valence-corrected chi connectivity index (χ4v) is 3.46. The number of allylic oxidation sites excluding steroid dienone is 1. The molecule has 1 aliphatic rings. The molecular formula is C21H20N2O2. The van der Waals surface area contributed by atoms with Crippen LogP contribution in [-0.2, 0) is 6.42 Å². The van der Waals surface area contributed by atoms with E-state index in [9.17, 15) is 4.79 Å². The Kier molecular flexibility index (Phi) is 3.88. The van der Waals surface area contributed by atoms with Crippen LogP contribution < -0.4 is 10.3 Å². The van der Waals surface area contributed by atoms with Gasteiger partial charge in [0.05, 0.1) is 12.8 Å². The molecule has 0 saturated heterocycles. The van der Waals surface area contributed by atoms with Crippen LogP contribution in [-0.4, -0.2) is 16.5 Å². The SMILES string of the molecule is COc1ccccc1/C=C1/CCCc2c1nc1ccc(C)cn1c2=O. The van der Waals surface area contributed by atoms with Gasteiger partial charge in [-0.15, -0.1) is 0 Å². The molecule has 0 spiro atoms. The zero-order valence-electron chi connectivity index (χ0n) is 14.5. The minimum Gasteiger partial charge on any atom is -0.496 e. The number of rotatable bonds is 2. The van der Waals surface area contributed by atoms with Gasteiger partial charge in [-0.25, -0.2) is 4.98 Å². The van der Waals surface area contributed by atoms with Crippen molar-refractivity contribution in [2.45, 2.75) is 26.2 Å². The van der Waals surface area contributed by atoms with Gasteiger partial charge in [0, 0.05) is 17.3 Å². The second-order valence-electron chi connectivity index (χ2n) is 6.44. The third-order valence-electron chi connectivity index (χ3n) is 4.71. The molecule has 0 fully saturated rings. The number of fused-ring (bicyclic) bond motifs is 2. The lowest BCUT2D eigenvalue weighted by atomic mass is 9.90. The fourth-order valence-electron chi connectivity index (χ4n) is 3.46. The van der Waals surface area contributed by atoms with Gasteiger partial charge >= 0.3 is 0 Å². The lowest BCUT2D eigenvalue weighted by Crippen LogP contribution is -2.24. The van der Waals surface area contributed by atoms with E-state index >= 15 is 0 Å². The van der Waals surface area contributed by atoms with E-state index in [1.165, 1.54) is 0 Å². The highest BCUT2D eigenvalue weighted by molar-refractivity contribution is 5.84. The standard InChI is InChI=1S/C21H20N2O2/c1-14-10-11-19-22-20-16(12-15-6-3-4-9-18(15)25-2)7-5-8-17(20)21(24)23(19)13-14/h3-4,6,9-13H,5,7-8H2,1-2H3/b16-12-. The molecule has 4 heteroatoms. The number of benzene rings is 1.